The molecule has 1 saturated heterocycles. The minimum absolute atomic E-state index is 0.397. The number of thiazole rings is 1. The second kappa shape index (κ2) is 6.87. The van der Waals surface area contributed by atoms with Crippen LogP contribution in [0.4, 0.5) is 5.13 Å². The molecule has 2 atom stereocenters. The van der Waals surface area contributed by atoms with E-state index in [-0.39, 0.29) is 0 Å². The average molecular weight is 296 g/mol. The molecule has 0 radical (unpaired) electrons. The van der Waals surface area contributed by atoms with Crippen molar-refractivity contribution in [1.29, 1.82) is 0 Å². The second-order valence-corrected chi connectivity index (χ2v) is 6.90. The highest BCUT2D eigenvalue weighted by Gasteiger charge is 2.24. The molecule has 0 aliphatic carbocycles. The first-order chi connectivity index (χ1) is 9.52. The summed E-state index contributed by atoms with van der Waals surface area (Å²) in [6, 6.07) is 0.996. The summed E-state index contributed by atoms with van der Waals surface area (Å²) in [7, 11) is 4.41. The van der Waals surface area contributed by atoms with Crippen molar-refractivity contribution in [2.75, 3.05) is 38.6 Å². The molecule has 0 amide bonds. The fraction of sp³-hybridized carbons (Fsp3) is 0.800. The molecule has 1 aromatic rings. The third-order valence-electron chi connectivity index (χ3n) is 4.17. The number of anilines is 1. The smallest absolute Gasteiger partial charge is 0.185 e. The number of hydrogen-bond acceptors (Lipinski definition) is 5. The van der Waals surface area contributed by atoms with Gasteiger partial charge in [-0.25, -0.2) is 4.98 Å². The van der Waals surface area contributed by atoms with Crippen LogP contribution in [0.2, 0.25) is 0 Å². The lowest BCUT2D eigenvalue weighted by Crippen LogP contribution is -2.45. The molecule has 2 rings (SSSR count). The van der Waals surface area contributed by atoms with Crippen molar-refractivity contribution >= 4 is 16.5 Å². The van der Waals surface area contributed by atoms with E-state index in [9.17, 15) is 0 Å². The van der Waals surface area contributed by atoms with Gasteiger partial charge in [-0.05, 0) is 46.8 Å². The van der Waals surface area contributed by atoms with Gasteiger partial charge in [0, 0.05) is 30.6 Å². The molecular weight excluding hydrogens is 268 g/mol. The minimum Gasteiger partial charge on any atom is -0.347 e. The molecule has 1 fully saturated rings. The van der Waals surface area contributed by atoms with Gasteiger partial charge in [-0.2, -0.15) is 0 Å². The van der Waals surface area contributed by atoms with E-state index in [4.69, 9.17) is 4.98 Å². The molecular formula is C15H28N4S. The van der Waals surface area contributed by atoms with E-state index in [1.807, 2.05) is 11.3 Å². The summed E-state index contributed by atoms with van der Waals surface area (Å²) in [6.45, 7) is 9.87. The van der Waals surface area contributed by atoms with Crippen molar-refractivity contribution in [3.63, 3.8) is 0 Å². The number of likely N-dealkylation sites (N-methyl/N-ethyl adjacent to an activating group) is 2. The van der Waals surface area contributed by atoms with E-state index in [1.54, 1.807) is 0 Å². The number of aromatic nitrogens is 1. The molecule has 2 unspecified atom stereocenters. The molecule has 1 aliphatic heterocycles. The average Bonchev–Trinajstić information content (AvgIpc) is 2.80. The molecule has 0 saturated carbocycles. The summed E-state index contributed by atoms with van der Waals surface area (Å²) < 4.78 is 0. The third kappa shape index (κ3) is 3.51. The van der Waals surface area contributed by atoms with Crippen molar-refractivity contribution in [3.8, 4) is 0 Å². The van der Waals surface area contributed by atoms with Gasteiger partial charge < -0.3 is 15.1 Å². The largest absolute Gasteiger partial charge is 0.347 e. The van der Waals surface area contributed by atoms with Crippen molar-refractivity contribution in [1.82, 2.24) is 15.2 Å². The number of piperidine rings is 1. The minimum atomic E-state index is 0.397. The predicted octanol–water partition coefficient (Wildman–Crippen LogP) is 2.65. The van der Waals surface area contributed by atoms with Crippen LogP contribution in [0.25, 0.3) is 0 Å². The normalized spacial score (nSPS) is 21.9. The van der Waals surface area contributed by atoms with Crippen molar-refractivity contribution in [2.45, 2.75) is 45.7 Å². The molecule has 2 heterocycles. The lowest BCUT2D eigenvalue weighted by molar-refractivity contribution is 0.248. The number of likely N-dealkylation sites (tertiary alicyclic amines) is 1. The van der Waals surface area contributed by atoms with Crippen LogP contribution in [-0.4, -0.2) is 49.7 Å². The summed E-state index contributed by atoms with van der Waals surface area (Å²) in [5, 5.41) is 4.65. The van der Waals surface area contributed by atoms with Gasteiger partial charge in [0.05, 0.1) is 5.69 Å². The number of nitrogens with one attached hydrogen (secondary N) is 1. The zero-order valence-electron chi connectivity index (χ0n) is 13.4. The van der Waals surface area contributed by atoms with Gasteiger partial charge in [-0.15, -0.1) is 11.3 Å². The summed E-state index contributed by atoms with van der Waals surface area (Å²) in [6.07, 6.45) is 2.56. The number of aryl methyl sites for hydroxylation is 1. The van der Waals surface area contributed by atoms with Gasteiger partial charge >= 0.3 is 0 Å². The second-order valence-electron chi connectivity index (χ2n) is 5.89. The summed E-state index contributed by atoms with van der Waals surface area (Å²) in [4.78, 5) is 11.0. The highest BCUT2D eigenvalue weighted by atomic mass is 32.1. The Hall–Kier alpha value is -0.650. The van der Waals surface area contributed by atoms with E-state index in [0.29, 0.717) is 12.1 Å². The van der Waals surface area contributed by atoms with Crippen LogP contribution in [0.1, 0.15) is 43.3 Å². The Labute approximate surface area is 127 Å². The monoisotopic (exact) mass is 296 g/mol. The Balaban J connectivity index is 2.10. The molecule has 20 heavy (non-hydrogen) atoms. The fourth-order valence-electron chi connectivity index (χ4n) is 2.96. The van der Waals surface area contributed by atoms with E-state index >= 15 is 0 Å². The molecule has 1 aliphatic rings. The van der Waals surface area contributed by atoms with Gasteiger partial charge in [0.15, 0.2) is 5.13 Å². The quantitative estimate of drug-likeness (QED) is 0.905. The van der Waals surface area contributed by atoms with E-state index in [0.717, 1.165) is 13.1 Å². The molecule has 1 aromatic heterocycles. The van der Waals surface area contributed by atoms with Crippen LogP contribution in [-0.2, 0) is 0 Å². The van der Waals surface area contributed by atoms with Gasteiger partial charge in [0.1, 0.15) is 0 Å². The zero-order chi connectivity index (χ0) is 14.7. The highest BCUT2D eigenvalue weighted by molar-refractivity contribution is 7.15. The van der Waals surface area contributed by atoms with Crippen molar-refractivity contribution < 1.29 is 0 Å². The first-order valence-electron chi connectivity index (χ1n) is 7.65. The van der Waals surface area contributed by atoms with Crippen LogP contribution in [0.15, 0.2) is 0 Å². The summed E-state index contributed by atoms with van der Waals surface area (Å²) in [5.74, 6) is 0. The van der Waals surface area contributed by atoms with Crippen molar-refractivity contribution in [2.24, 2.45) is 0 Å². The number of hydrogen-bond donors (Lipinski definition) is 1. The fourth-order valence-corrected chi connectivity index (χ4v) is 4.08. The zero-order valence-corrected chi connectivity index (χ0v) is 14.3. The predicted molar refractivity (Wildman–Crippen MR) is 87.9 cm³/mol. The van der Waals surface area contributed by atoms with Gasteiger partial charge in [-0.1, -0.05) is 6.92 Å². The maximum absolute atomic E-state index is 4.80. The van der Waals surface area contributed by atoms with Crippen LogP contribution in [0.3, 0.4) is 0 Å². The first-order valence-corrected chi connectivity index (χ1v) is 8.46. The topological polar surface area (TPSA) is 31.4 Å². The highest BCUT2D eigenvalue weighted by Crippen LogP contribution is 2.32. The molecule has 0 aromatic carbocycles. The molecule has 0 spiro atoms. The lowest BCUT2D eigenvalue weighted by Gasteiger charge is -2.35. The Bertz CT molecular complexity index is 432. The SMILES string of the molecule is CCNC(C)c1sc(N(C)C2CCCN(C)C2)nc1C. The molecule has 4 nitrogen and oxygen atoms in total. The third-order valence-corrected chi connectivity index (χ3v) is 5.60. The lowest BCUT2D eigenvalue weighted by atomic mass is 10.1. The number of rotatable bonds is 5. The number of nitrogens with zero attached hydrogens (tertiary/aromatic N) is 3. The van der Waals surface area contributed by atoms with E-state index < -0.39 is 0 Å². The van der Waals surface area contributed by atoms with Crippen LogP contribution >= 0.6 is 11.3 Å². The Kier molecular flexibility index (Phi) is 5.41. The Morgan fingerprint density at radius 3 is 2.95 bits per heavy atom. The Morgan fingerprint density at radius 2 is 2.30 bits per heavy atom. The van der Waals surface area contributed by atoms with E-state index in [2.05, 4.69) is 50.0 Å². The van der Waals surface area contributed by atoms with Gasteiger partial charge in [-0.3, -0.25) is 0 Å². The molecule has 1 N–H and O–H groups in total. The standard InChI is InChI=1S/C15H28N4S/c1-6-16-11(2)14-12(3)17-15(20-14)19(5)13-8-7-9-18(4)10-13/h11,13,16H,6-10H2,1-5H3. The Morgan fingerprint density at radius 1 is 1.55 bits per heavy atom. The molecule has 0 bridgehead atoms. The summed E-state index contributed by atoms with van der Waals surface area (Å²) in [5.41, 5.74) is 1.18. The van der Waals surface area contributed by atoms with Crippen LogP contribution < -0.4 is 10.2 Å². The summed E-state index contributed by atoms with van der Waals surface area (Å²) >= 11 is 1.84. The van der Waals surface area contributed by atoms with Gasteiger partial charge in [0.2, 0.25) is 0 Å². The van der Waals surface area contributed by atoms with Crippen molar-refractivity contribution in [3.05, 3.63) is 10.6 Å². The maximum Gasteiger partial charge on any atom is 0.185 e. The van der Waals surface area contributed by atoms with Gasteiger partial charge in [0.25, 0.3) is 0 Å². The van der Waals surface area contributed by atoms with E-state index in [1.165, 1.54) is 35.1 Å². The van der Waals surface area contributed by atoms with Crippen LogP contribution in [0.5, 0.6) is 0 Å². The molecule has 5 heteroatoms. The first kappa shape index (κ1) is 15.7. The molecule has 114 valence electrons. The maximum atomic E-state index is 4.80. The van der Waals surface area contributed by atoms with Crippen LogP contribution in [0, 0.1) is 6.92 Å².